The van der Waals surface area contributed by atoms with Gasteiger partial charge in [-0.1, -0.05) is 42.0 Å². The molecular formula is C20H23NO3. The highest BCUT2D eigenvalue weighted by molar-refractivity contribution is 5.82. The van der Waals surface area contributed by atoms with E-state index in [2.05, 4.69) is 36.5 Å². The lowest BCUT2D eigenvalue weighted by atomic mass is 10.1. The SMILES string of the molecule is COCOc1ccc(C2CC2C(=O)NCc2ccc(C)cc2)cc1. The van der Waals surface area contributed by atoms with Gasteiger partial charge < -0.3 is 14.8 Å². The third kappa shape index (κ3) is 4.15. The van der Waals surface area contributed by atoms with Gasteiger partial charge in [0.1, 0.15) is 5.75 Å². The normalized spacial score (nSPS) is 18.9. The summed E-state index contributed by atoms with van der Waals surface area (Å²) in [4.78, 5) is 12.3. The number of aryl methyl sites for hydroxylation is 1. The molecule has 4 nitrogen and oxygen atoms in total. The van der Waals surface area contributed by atoms with E-state index in [0.717, 1.165) is 17.7 Å². The Balaban J connectivity index is 1.49. The van der Waals surface area contributed by atoms with Crippen LogP contribution in [-0.2, 0) is 16.1 Å². The first-order valence-corrected chi connectivity index (χ1v) is 8.22. The van der Waals surface area contributed by atoms with Gasteiger partial charge in [-0.25, -0.2) is 0 Å². The number of hydrogen-bond acceptors (Lipinski definition) is 3. The summed E-state index contributed by atoms with van der Waals surface area (Å²) in [7, 11) is 1.60. The second-order valence-electron chi connectivity index (χ2n) is 6.27. The summed E-state index contributed by atoms with van der Waals surface area (Å²) in [5, 5.41) is 3.04. The van der Waals surface area contributed by atoms with E-state index in [0.29, 0.717) is 12.5 Å². The quantitative estimate of drug-likeness (QED) is 0.794. The molecule has 1 fully saturated rings. The zero-order chi connectivity index (χ0) is 16.9. The van der Waals surface area contributed by atoms with E-state index in [-0.39, 0.29) is 18.6 Å². The van der Waals surface area contributed by atoms with Gasteiger partial charge in [0.25, 0.3) is 0 Å². The topological polar surface area (TPSA) is 47.6 Å². The molecule has 4 heteroatoms. The van der Waals surface area contributed by atoms with Crippen LogP contribution in [-0.4, -0.2) is 19.8 Å². The van der Waals surface area contributed by atoms with Gasteiger partial charge in [0.15, 0.2) is 6.79 Å². The van der Waals surface area contributed by atoms with Crippen molar-refractivity contribution in [1.29, 1.82) is 0 Å². The second kappa shape index (κ2) is 7.49. The summed E-state index contributed by atoms with van der Waals surface area (Å²) in [5.41, 5.74) is 3.55. The molecule has 0 radical (unpaired) electrons. The average Bonchev–Trinajstić information content (AvgIpc) is 3.40. The molecular weight excluding hydrogens is 302 g/mol. The van der Waals surface area contributed by atoms with E-state index in [1.54, 1.807) is 7.11 Å². The van der Waals surface area contributed by atoms with Crippen molar-refractivity contribution in [2.45, 2.75) is 25.8 Å². The maximum atomic E-state index is 12.3. The molecule has 2 unspecified atom stereocenters. The Morgan fingerprint density at radius 2 is 1.83 bits per heavy atom. The number of benzene rings is 2. The molecule has 0 bridgehead atoms. The predicted molar refractivity (Wildman–Crippen MR) is 92.8 cm³/mol. The van der Waals surface area contributed by atoms with Crippen molar-refractivity contribution in [2.75, 3.05) is 13.9 Å². The largest absolute Gasteiger partial charge is 0.468 e. The zero-order valence-corrected chi connectivity index (χ0v) is 14.1. The van der Waals surface area contributed by atoms with Crippen molar-refractivity contribution in [2.24, 2.45) is 5.92 Å². The van der Waals surface area contributed by atoms with Crippen LogP contribution in [0.1, 0.15) is 29.0 Å². The van der Waals surface area contributed by atoms with Crippen LogP contribution in [0.15, 0.2) is 48.5 Å². The van der Waals surface area contributed by atoms with E-state index < -0.39 is 0 Å². The molecule has 2 aromatic rings. The van der Waals surface area contributed by atoms with E-state index >= 15 is 0 Å². The maximum Gasteiger partial charge on any atom is 0.224 e. The van der Waals surface area contributed by atoms with Crippen LogP contribution in [0.5, 0.6) is 5.75 Å². The molecule has 2 aromatic carbocycles. The van der Waals surface area contributed by atoms with Crippen molar-refractivity contribution in [3.05, 3.63) is 65.2 Å². The summed E-state index contributed by atoms with van der Waals surface area (Å²) in [6.45, 7) is 2.89. The van der Waals surface area contributed by atoms with Gasteiger partial charge in [0.05, 0.1) is 0 Å². The van der Waals surface area contributed by atoms with E-state index in [9.17, 15) is 4.79 Å². The van der Waals surface area contributed by atoms with Gasteiger partial charge in [-0.2, -0.15) is 0 Å². The summed E-state index contributed by atoms with van der Waals surface area (Å²) in [6, 6.07) is 16.1. The highest BCUT2D eigenvalue weighted by atomic mass is 16.7. The predicted octanol–water partition coefficient (Wildman–Crippen LogP) is 3.40. The first kappa shape index (κ1) is 16.5. The van der Waals surface area contributed by atoms with Crippen LogP contribution >= 0.6 is 0 Å². The Morgan fingerprint density at radius 3 is 2.50 bits per heavy atom. The molecule has 1 aliphatic rings. The van der Waals surface area contributed by atoms with E-state index in [4.69, 9.17) is 9.47 Å². The standard InChI is InChI=1S/C20H23NO3/c1-14-3-5-15(6-4-14)12-21-20(22)19-11-18(19)16-7-9-17(10-8-16)24-13-23-2/h3-10,18-19H,11-13H2,1-2H3,(H,21,22). The Hall–Kier alpha value is -2.33. The van der Waals surface area contributed by atoms with Gasteiger partial charge in [-0.15, -0.1) is 0 Å². The number of rotatable bonds is 7. The van der Waals surface area contributed by atoms with Crippen LogP contribution < -0.4 is 10.1 Å². The maximum absolute atomic E-state index is 12.3. The van der Waals surface area contributed by atoms with Crippen molar-refractivity contribution in [3.63, 3.8) is 0 Å². The van der Waals surface area contributed by atoms with Gasteiger partial charge in [0.2, 0.25) is 5.91 Å². The number of methoxy groups -OCH3 is 1. The minimum Gasteiger partial charge on any atom is -0.468 e. The minimum absolute atomic E-state index is 0.0844. The van der Waals surface area contributed by atoms with Crippen LogP contribution in [0.3, 0.4) is 0 Å². The number of hydrogen-bond donors (Lipinski definition) is 1. The molecule has 1 N–H and O–H groups in total. The van der Waals surface area contributed by atoms with E-state index in [1.165, 1.54) is 11.1 Å². The van der Waals surface area contributed by atoms with Crippen LogP contribution in [0.2, 0.25) is 0 Å². The Labute approximate surface area is 142 Å². The fraction of sp³-hybridized carbons (Fsp3) is 0.350. The second-order valence-corrected chi connectivity index (χ2v) is 6.27. The van der Waals surface area contributed by atoms with Crippen LogP contribution in [0.4, 0.5) is 0 Å². The molecule has 2 atom stereocenters. The van der Waals surface area contributed by atoms with Gasteiger partial charge >= 0.3 is 0 Å². The molecule has 0 aromatic heterocycles. The van der Waals surface area contributed by atoms with Crippen LogP contribution in [0.25, 0.3) is 0 Å². The average molecular weight is 325 g/mol. The molecule has 0 spiro atoms. The van der Waals surface area contributed by atoms with Crippen molar-refractivity contribution < 1.29 is 14.3 Å². The van der Waals surface area contributed by atoms with Crippen molar-refractivity contribution in [3.8, 4) is 5.75 Å². The van der Waals surface area contributed by atoms with Gasteiger partial charge in [0, 0.05) is 19.6 Å². The third-order valence-corrected chi connectivity index (χ3v) is 4.37. The van der Waals surface area contributed by atoms with Crippen LogP contribution in [0, 0.1) is 12.8 Å². The molecule has 0 aliphatic heterocycles. The molecule has 0 saturated heterocycles. The number of carbonyl (C=O) groups is 1. The lowest BCUT2D eigenvalue weighted by molar-refractivity contribution is -0.122. The van der Waals surface area contributed by atoms with E-state index in [1.807, 2.05) is 24.3 Å². The van der Waals surface area contributed by atoms with Crippen molar-refractivity contribution >= 4 is 5.91 Å². The summed E-state index contributed by atoms with van der Waals surface area (Å²) < 4.78 is 10.3. The molecule has 1 aliphatic carbocycles. The fourth-order valence-electron chi connectivity index (χ4n) is 2.82. The highest BCUT2D eigenvalue weighted by Crippen LogP contribution is 2.47. The van der Waals surface area contributed by atoms with Gasteiger partial charge in [-0.05, 0) is 42.5 Å². The Bertz CT molecular complexity index is 679. The smallest absolute Gasteiger partial charge is 0.224 e. The summed E-state index contributed by atoms with van der Waals surface area (Å²) >= 11 is 0. The zero-order valence-electron chi connectivity index (χ0n) is 14.1. The lowest BCUT2D eigenvalue weighted by Crippen LogP contribution is -2.24. The molecule has 1 amide bonds. The van der Waals surface area contributed by atoms with Gasteiger partial charge in [-0.3, -0.25) is 4.79 Å². The number of amides is 1. The molecule has 24 heavy (non-hydrogen) atoms. The fourth-order valence-corrected chi connectivity index (χ4v) is 2.82. The Kier molecular flexibility index (Phi) is 5.16. The minimum atomic E-state index is 0.0844. The van der Waals surface area contributed by atoms with Crippen molar-refractivity contribution in [1.82, 2.24) is 5.32 Å². The monoisotopic (exact) mass is 325 g/mol. The number of ether oxygens (including phenoxy) is 2. The highest BCUT2D eigenvalue weighted by Gasteiger charge is 2.43. The summed E-state index contributed by atoms with van der Waals surface area (Å²) in [5.74, 6) is 1.32. The number of carbonyl (C=O) groups excluding carboxylic acids is 1. The molecule has 126 valence electrons. The lowest BCUT2D eigenvalue weighted by Gasteiger charge is -2.07. The Morgan fingerprint density at radius 1 is 1.12 bits per heavy atom. The molecule has 1 saturated carbocycles. The number of nitrogens with one attached hydrogen (secondary N) is 1. The third-order valence-electron chi connectivity index (χ3n) is 4.37. The summed E-state index contributed by atoms with van der Waals surface area (Å²) in [6.07, 6.45) is 0.915. The first-order chi connectivity index (χ1) is 11.7. The molecule has 0 heterocycles. The molecule has 3 rings (SSSR count). The first-order valence-electron chi connectivity index (χ1n) is 8.22.